The number of rotatable bonds is 5. The minimum absolute atomic E-state index is 0.000951. The molecule has 3 aromatic carbocycles. The molecule has 1 saturated heterocycles. The lowest BCUT2D eigenvalue weighted by Crippen LogP contribution is -2.46. The zero-order valence-corrected chi connectivity index (χ0v) is 22.0. The number of aromatic nitrogens is 1. The Labute approximate surface area is 223 Å². The highest BCUT2D eigenvalue weighted by Gasteiger charge is 2.17. The number of anilines is 1. The summed E-state index contributed by atoms with van der Waals surface area (Å²) in [6, 6.07) is 23.0. The second-order valence-electron chi connectivity index (χ2n) is 10.6. The van der Waals surface area contributed by atoms with Crippen molar-refractivity contribution in [1.82, 2.24) is 15.2 Å². The first-order valence-corrected chi connectivity index (χ1v) is 12.9. The fourth-order valence-corrected chi connectivity index (χ4v) is 4.49. The van der Waals surface area contributed by atoms with Gasteiger partial charge >= 0.3 is 0 Å². The van der Waals surface area contributed by atoms with Crippen LogP contribution in [0.25, 0.3) is 10.8 Å². The van der Waals surface area contributed by atoms with E-state index < -0.39 is 0 Å². The van der Waals surface area contributed by atoms with Crippen molar-refractivity contribution < 1.29 is 9.53 Å². The Balaban J connectivity index is 1.33. The van der Waals surface area contributed by atoms with E-state index in [4.69, 9.17) is 10.1 Å². The predicted molar refractivity (Wildman–Crippen MR) is 153 cm³/mol. The van der Waals surface area contributed by atoms with Gasteiger partial charge < -0.3 is 20.3 Å². The van der Waals surface area contributed by atoms with Crippen molar-refractivity contribution in [3.63, 3.8) is 0 Å². The van der Waals surface area contributed by atoms with Crippen molar-refractivity contribution in [2.75, 3.05) is 31.5 Å². The number of ether oxygens (including phenoxy) is 1. The molecule has 0 bridgehead atoms. The third-order valence-corrected chi connectivity index (χ3v) is 6.70. The number of amides is 1. The lowest BCUT2D eigenvalue weighted by atomic mass is 9.87. The standard InChI is InChI=1S/C31H33N5O2/c1-31(2,3)24-5-4-6-25(19-24)35-30(37)22-8-7-21-9-10-26(18-23(21)17-22)38-27-11-12-34-28(20-27)29(32)36-15-13-33-14-16-36/h4-12,17-20,32-33H,13-16H2,1-3H3,(H,35,37). The van der Waals surface area contributed by atoms with E-state index in [1.165, 1.54) is 0 Å². The second kappa shape index (κ2) is 10.6. The van der Waals surface area contributed by atoms with E-state index in [0.29, 0.717) is 28.6 Å². The van der Waals surface area contributed by atoms with E-state index in [1.807, 2.05) is 59.5 Å². The van der Waals surface area contributed by atoms with Crippen LogP contribution >= 0.6 is 0 Å². The van der Waals surface area contributed by atoms with Crippen LogP contribution < -0.4 is 15.4 Å². The summed E-state index contributed by atoms with van der Waals surface area (Å²) < 4.78 is 6.14. The smallest absolute Gasteiger partial charge is 0.255 e. The minimum Gasteiger partial charge on any atom is -0.457 e. The zero-order valence-electron chi connectivity index (χ0n) is 22.0. The molecule has 2 heterocycles. The maximum Gasteiger partial charge on any atom is 0.255 e. The molecule has 1 aromatic heterocycles. The Morgan fingerprint density at radius 1 is 0.947 bits per heavy atom. The molecule has 5 rings (SSSR count). The maximum absolute atomic E-state index is 13.0. The van der Waals surface area contributed by atoms with Crippen molar-refractivity contribution >= 4 is 28.2 Å². The molecular formula is C31H33N5O2. The molecule has 0 unspecified atom stereocenters. The second-order valence-corrected chi connectivity index (χ2v) is 10.6. The number of piperazine rings is 1. The summed E-state index contributed by atoms with van der Waals surface area (Å²) >= 11 is 0. The topological polar surface area (TPSA) is 90.3 Å². The fraction of sp³-hybridized carbons (Fsp3) is 0.258. The summed E-state index contributed by atoms with van der Waals surface area (Å²) in [4.78, 5) is 19.4. The van der Waals surface area contributed by atoms with E-state index in [9.17, 15) is 4.79 Å². The summed E-state index contributed by atoms with van der Waals surface area (Å²) in [5.74, 6) is 1.51. The molecule has 38 heavy (non-hydrogen) atoms. The van der Waals surface area contributed by atoms with E-state index in [1.54, 1.807) is 18.3 Å². The lowest BCUT2D eigenvalue weighted by molar-refractivity contribution is 0.102. The number of hydrogen-bond donors (Lipinski definition) is 3. The van der Waals surface area contributed by atoms with Crippen molar-refractivity contribution in [2.24, 2.45) is 0 Å². The molecule has 0 atom stereocenters. The van der Waals surface area contributed by atoms with Crippen molar-refractivity contribution in [3.05, 3.63) is 95.8 Å². The molecule has 1 amide bonds. The van der Waals surface area contributed by atoms with Crippen LogP contribution in [0.4, 0.5) is 5.69 Å². The van der Waals surface area contributed by atoms with Crippen molar-refractivity contribution in [1.29, 1.82) is 5.41 Å². The summed E-state index contributed by atoms with van der Waals surface area (Å²) in [5, 5.41) is 16.8. The Kier molecular flexibility index (Phi) is 7.11. The van der Waals surface area contributed by atoms with Crippen LogP contribution in [0.1, 0.15) is 42.4 Å². The molecule has 194 valence electrons. The minimum atomic E-state index is -0.158. The number of pyridine rings is 1. The fourth-order valence-electron chi connectivity index (χ4n) is 4.49. The summed E-state index contributed by atoms with van der Waals surface area (Å²) in [6.45, 7) is 9.75. The molecule has 1 aliphatic rings. The number of nitrogens with zero attached hydrogens (tertiary/aromatic N) is 2. The van der Waals surface area contributed by atoms with Gasteiger partial charge in [-0.25, -0.2) is 0 Å². The Morgan fingerprint density at radius 3 is 2.50 bits per heavy atom. The highest BCUT2D eigenvalue weighted by atomic mass is 16.5. The summed E-state index contributed by atoms with van der Waals surface area (Å²) in [5.41, 5.74) is 3.10. The number of carbonyl (C=O) groups is 1. The van der Waals surface area contributed by atoms with Crippen LogP contribution in [-0.2, 0) is 5.41 Å². The summed E-state index contributed by atoms with van der Waals surface area (Å²) in [6.07, 6.45) is 1.67. The van der Waals surface area contributed by atoms with Gasteiger partial charge in [-0.1, -0.05) is 45.0 Å². The number of amidine groups is 1. The van der Waals surface area contributed by atoms with E-state index in [2.05, 4.69) is 42.5 Å². The lowest BCUT2D eigenvalue weighted by Gasteiger charge is -2.29. The van der Waals surface area contributed by atoms with Gasteiger partial charge in [0.15, 0.2) is 0 Å². The third-order valence-electron chi connectivity index (χ3n) is 6.70. The highest BCUT2D eigenvalue weighted by Crippen LogP contribution is 2.28. The first-order valence-electron chi connectivity index (χ1n) is 12.9. The van der Waals surface area contributed by atoms with Gasteiger partial charge in [0.05, 0.1) is 0 Å². The summed E-state index contributed by atoms with van der Waals surface area (Å²) in [7, 11) is 0. The van der Waals surface area contributed by atoms with E-state index in [0.717, 1.165) is 48.2 Å². The van der Waals surface area contributed by atoms with Gasteiger partial charge in [0.2, 0.25) is 0 Å². The normalized spacial score (nSPS) is 13.8. The van der Waals surface area contributed by atoms with Gasteiger partial charge in [0.1, 0.15) is 23.0 Å². The van der Waals surface area contributed by atoms with Crippen LogP contribution in [0.2, 0.25) is 0 Å². The molecule has 3 N–H and O–H groups in total. The zero-order chi connectivity index (χ0) is 26.7. The van der Waals surface area contributed by atoms with Crippen LogP contribution in [0.5, 0.6) is 11.5 Å². The average molecular weight is 508 g/mol. The van der Waals surface area contributed by atoms with Gasteiger partial charge in [0, 0.05) is 49.7 Å². The van der Waals surface area contributed by atoms with Crippen molar-refractivity contribution in [3.8, 4) is 11.5 Å². The number of carbonyl (C=O) groups excluding carboxylic acids is 1. The van der Waals surface area contributed by atoms with Gasteiger partial charge in [-0.05, 0) is 64.2 Å². The van der Waals surface area contributed by atoms with Crippen LogP contribution in [0.15, 0.2) is 79.0 Å². The number of benzene rings is 3. The highest BCUT2D eigenvalue weighted by molar-refractivity contribution is 6.06. The first kappa shape index (κ1) is 25.4. The molecule has 0 spiro atoms. The SMILES string of the molecule is CC(C)(C)c1cccc(NC(=O)c2ccc3ccc(Oc4ccnc(C(=N)N5CCNCC5)c4)cc3c2)c1. The quantitative estimate of drug-likeness (QED) is 0.234. The van der Waals surface area contributed by atoms with Gasteiger partial charge in [-0.3, -0.25) is 15.2 Å². The monoisotopic (exact) mass is 507 g/mol. The van der Waals surface area contributed by atoms with Crippen LogP contribution in [-0.4, -0.2) is 47.8 Å². The molecule has 0 saturated carbocycles. The Morgan fingerprint density at radius 2 is 1.71 bits per heavy atom. The average Bonchev–Trinajstić information content (AvgIpc) is 2.92. The molecular weight excluding hydrogens is 474 g/mol. The number of fused-ring (bicyclic) bond motifs is 1. The van der Waals surface area contributed by atoms with Gasteiger partial charge in [0.25, 0.3) is 5.91 Å². The Bertz CT molecular complexity index is 1490. The first-order chi connectivity index (χ1) is 18.3. The third kappa shape index (κ3) is 5.84. The molecule has 0 aliphatic carbocycles. The molecule has 4 aromatic rings. The molecule has 7 nitrogen and oxygen atoms in total. The maximum atomic E-state index is 13.0. The molecule has 1 aliphatic heterocycles. The predicted octanol–water partition coefficient (Wildman–Crippen LogP) is 5.81. The van der Waals surface area contributed by atoms with E-state index in [-0.39, 0.29) is 11.3 Å². The largest absolute Gasteiger partial charge is 0.457 e. The van der Waals surface area contributed by atoms with Crippen LogP contribution in [0.3, 0.4) is 0 Å². The molecule has 7 heteroatoms. The van der Waals surface area contributed by atoms with Crippen molar-refractivity contribution in [2.45, 2.75) is 26.2 Å². The Hall–Kier alpha value is -4.23. The van der Waals surface area contributed by atoms with Gasteiger partial charge in [-0.2, -0.15) is 0 Å². The van der Waals surface area contributed by atoms with E-state index >= 15 is 0 Å². The molecule has 0 radical (unpaired) electrons. The molecule has 1 fully saturated rings. The number of nitrogens with one attached hydrogen (secondary N) is 3. The number of hydrogen-bond acceptors (Lipinski definition) is 5. The van der Waals surface area contributed by atoms with Gasteiger partial charge in [-0.15, -0.1) is 0 Å². The van der Waals surface area contributed by atoms with Crippen LogP contribution in [0, 0.1) is 5.41 Å².